The van der Waals surface area contributed by atoms with Crippen molar-refractivity contribution >= 4 is 5.91 Å². The molecule has 36 heavy (non-hydrogen) atoms. The first-order valence-electron chi connectivity index (χ1n) is 12.1. The van der Waals surface area contributed by atoms with Crippen molar-refractivity contribution in [2.24, 2.45) is 0 Å². The zero-order valence-electron chi connectivity index (χ0n) is 20.9. The monoisotopic (exact) mass is 485 g/mol. The maximum atomic E-state index is 13.4. The summed E-state index contributed by atoms with van der Waals surface area (Å²) in [5.41, 5.74) is 2.12. The van der Waals surface area contributed by atoms with Gasteiger partial charge in [-0.3, -0.25) is 4.79 Å². The minimum Gasteiger partial charge on any atom is -0.379 e. The van der Waals surface area contributed by atoms with E-state index in [0.29, 0.717) is 36.2 Å². The van der Waals surface area contributed by atoms with Gasteiger partial charge in [-0.2, -0.15) is 0 Å². The molecule has 2 N–H and O–H groups in total. The number of aromatic nitrogens is 2. The van der Waals surface area contributed by atoms with Crippen molar-refractivity contribution in [2.45, 2.75) is 51.3 Å². The molecule has 4 rings (SSSR count). The molecule has 6 heteroatoms. The van der Waals surface area contributed by atoms with Crippen LogP contribution in [0.4, 0.5) is 4.39 Å². The number of rotatable bonds is 8. The van der Waals surface area contributed by atoms with Gasteiger partial charge in [-0.25, -0.2) is 9.37 Å². The third-order valence-corrected chi connectivity index (χ3v) is 6.13. The van der Waals surface area contributed by atoms with Crippen LogP contribution in [0.25, 0.3) is 0 Å². The van der Waals surface area contributed by atoms with E-state index in [1.165, 1.54) is 12.1 Å². The average molecular weight is 486 g/mol. The summed E-state index contributed by atoms with van der Waals surface area (Å²) in [5.74, 6) is -0.461. The third kappa shape index (κ3) is 6.07. The lowest BCUT2D eigenvalue weighted by Gasteiger charge is -2.30. The Hall–Kier alpha value is -3.77. The molecule has 0 radical (unpaired) electrons. The first-order chi connectivity index (χ1) is 17.1. The maximum Gasteiger partial charge on any atom is 0.251 e. The molecule has 0 saturated heterocycles. The van der Waals surface area contributed by atoms with Crippen molar-refractivity contribution in [3.8, 4) is 0 Å². The van der Waals surface area contributed by atoms with E-state index < -0.39 is 5.60 Å². The minimum absolute atomic E-state index is 0.168. The van der Waals surface area contributed by atoms with Gasteiger partial charge >= 0.3 is 0 Å². The summed E-state index contributed by atoms with van der Waals surface area (Å²) in [7, 11) is 0. The second-order valence-electron chi connectivity index (χ2n) is 10.2. The smallest absolute Gasteiger partial charge is 0.251 e. The zero-order valence-corrected chi connectivity index (χ0v) is 20.9. The summed E-state index contributed by atoms with van der Waals surface area (Å²) < 4.78 is 15.4. The van der Waals surface area contributed by atoms with Crippen LogP contribution in [0.15, 0.2) is 91.4 Å². The molecule has 186 valence electrons. The van der Waals surface area contributed by atoms with E-state index in [9.17, 15) is 14.3 Å². The highest BCUT2D eigenvalue weighted by molar-refractivity contribution is 5.94. The third-order valence-electron chi connectivity index (χ3n) is 6.13. The quantitative estimate of drug-likeness (QED) is 0.348. The standard InChI is InChI=1S/C30H32FN3O2/c1-29(2,3)33-28(35)24-11-13-25(14-12-24)30(36,18-17-22-9-15-26(31)16-10-22)27-19-32-21-34(27)20-23-7-5-4-6-8-23/h4-16,19,21,36H,17-18,20H2,1-3H3,(H,33,35). The summed E-state index contributed by atoms with van der Waals surface area (Å²) in [5, 5.41) is 15.2. The number of benzene rings is 3. The normalized spacial score (nSPS) is 13.2. The second kappa shape index (κ2) is 10.5. The van der Waals surface area contributed by atoms with E-state index in [4.69, 9.17) is 0 Å². The maximum absolute atomic E-state index is 13.4. The van der Waals surface area contributed by atoms with Crippen molar-refractivity contribution in [3.63, 3.8) is 0 Å². The Labute approximate surface area is 211 Å². The molecule has 0 aliphatic rings. The number of aliphatic hydroxyl groups is 1. The largest absolute Gasteiger partial charge is 0.379 e. The molecular formula is C30H32FN3O2. The van der Waals surface area contributed by atoms with E-state index in [1.54, 1.807) is 48.9 Å². The fraction of sp³-hybridized carbons (Fsp3) is 0.267. The Morgan fingerprint density at radius 2 is 1.61 bits per heavy atom. The Balaban J connectivity index is 1.68. The Morgan fingerprint density at radius 1 is 0.944 bits per heavy atom. The highest BCUT2D eigenvalue weighted by Crippen LogP contribution is 2.35. The number of carbonyl (C=O) groups excluding carboxylic acids is 1. The molecule has 0 spiro atoms. The van der Waals surface area contributed by atoms with Crippen LogP contribution in [0.3, 0.4) is 0 Å². The predicted molar refractivity (Wildman–Crippen MR) is 139 cm³/mol. The number of imidazole rings is 1. The molecule has 1 amide bonds. The SMILES string of the molecule is CC(C)(C)NC(=O)c1ccc(C(O)(CCc2ccc(F)cc2)c2cncn2Cc2ccccc2)cc1. The van der Waals surface area contributed by atoms with Gasteiger partial charge in [0.25, 0.3) is 5.91 Å². The number of nitrogens with one attached hydrogen (secondary N) is 1. The van der Waals surface area contributed by atoms with Crippen molar-refractivity contribution < 1.29 is 14.3 Å². The van der Waals surface area contributed by atoms with Gasteiger partial charge in [0.2, 0.25) is 0 Å². The Bertz CT molecular complexity index is 1290. The van der Waals surface area contributed by atoms with Gasteiger partial charge in [-0.05, 0) is 74.6 Å². The number of hydrogen-bond donors (Lipinski definition) is 2. The van der Waals surface area contributed by atoms with Gasteiger partial charge in [0.15, 0.2) is 0 Å². The van der Waals surface area contributed by atoms with Gasteiger partial charge in [-0.15, -0.1) is 0 Å². The molecule has 0 aliphatic heterocycles. The fourth-order valence-electron chi connectivity index (χ4n) is 4.28. The van der Waals surface area contributed by atoms with Gasteiger partial charge in [0.05, 0.1) is 18.2 Å². The lowest BCUT2D eigenvalue weighted by molar-refractivity contribution is 0.0631. The molecule has 4 aromatic rings. The Kier molecular flexibility index (Phi) is 7.36. The average Bonchev–Trinajstić information content (AvgIpc) is 3.32. The number of carbonyl (C=O) groups is 1. The summed E-state index contributed by atoms with van der Waals surface area (Å²) in [6, 6.07) is 23.4. The van der Waals surface area contributed by atoms with Gasteiger partial charge in [0.1, 0.15) is 11.4 Å². The topological polar surface area (TPSA) is 67.2 Å². The van der Waals surface area contributed by atoms with Crippen LogP contribution < -0.4 is 5.32 Å². The van der Waals surface area contributed by atoms with Gasteiger partial charge in [0, 0.05) is 17.6 Å². The van der Waals surface area contributed by atoms with Crippen LogP contribution in [0.5, 0.6) is 0 Å². The van der Waals surface area contributed by atoms with Crippen LogP contribution in [0, 0.1) is 5.82 Å². The van der Waals surface area contributed by atoms with Crippen LogP contribution >= 0.6 is 0 Å². The van der Waals surface area contributed by atoms with E-state index in [2.05, 4.69) is 10.3 Å². The summed E-state index contributed by atoms with van der Waals surface area (Å²) >= 11 is 0. The predicted octanol–water partition coefficient (Wildman–Crippen LogP) is 5.47. The van der Waals surface area contributed by atoms with E-state index >= 15 is 0 Å². The van der Waals surface area contributed by atoms with Crippen molar-refractivity contribution in [3.05, 3.63) is 125 Å². The molecule has 1 atom stereocenters. The lowest BCUT2D eigenvalue weighted by atomic mass is 9.84. The summed E-state index contributed by atoms with van der Waals surface area (Å²) in [4.78, 5) is 17.0. The van der Waals surface area contributed by atoms with Gasteiger partial charge in [-0.1, -0.05) is 54.6 Å². The minimum atomic E-state index is -1.38. The van der Waals surface area contributed by atoms with Crippen molar-refractivity contribution in [2.75, 3.05) is 0 Å². The summed E-state index contributed by atoms with van der Waals surface area (Å²) in [6.45, 7) is 6.35. The highest BCUT2D eigenvalue weighted by atomic mass is 19.1. The van der Waals surface area contributed by atoms with Gasteiger partial charge < -0.3 is 15.0 Å². The lowest BCUT2D eigenvalue weighted by Crippen LogP contribution is -2.40. The number of hydrogen-bond acceptors (Lipinski definition) is 3. The number of amides is 1. The van der Waals surface area contributed by atoms with E-state index in [1.807, 2.05) is 55.7 Å². The van der Waals surface area contributed by atoms with Crippen LogP contribution in [0.1, 0.15) is 59.9 Å². The molecule has 0 bridgehead atoms. The first-order valence-corrected chi connectivity index (χ1v) is 12.1. The number of halogens is 1. The van der Waals surface area contributed by atoms with E-state index in [-0.39, 0.29) is 17.3 Å². The first kappa shape index (κ1) is 25.3. The molecule has 3 aromatic carbocycles. The molecule has 0 fully saturated rings. The van der Waals surface area contributed by atoms with Crippen LogP contribution in [-0.2, 0) is 18.6 Å². The molecule has 1 aromatic heterocycles. The summed E-state index contributed by atoms with van der Waals surface area (Å²) in [6.07, 6.45) is 4.29. The molecule has 5 nitrogen and oxygen atoms in total. The van der Waals surface area contributed by atoms with Crippen molar-refractivity contribution in [1.29, 1.82) is 0 Å². The molecular weight excluding hydrogens is 453 g/mol. The molecule has 1 unspecified atom stereocenters. The Morgan fingerprint density at radius 3 is 2.25 bits per heavy atom. The molecule has 1 heterocycles. The van der Waals surface area contributed by atoms with E-state index in [0.717, 1.165) is 11.1 Å². The fourth-order valence-corrected chi connectivity index (χ4v) is 4.28. The number of nitrogens with zero attached hydrogens (tertiary/aromatic N) is 2. The van der Waals surface area contributed by atoms with Crippen LogP contribution in [-0.4, -0.2) is 26.1 Å². The van der Waals surface area contributed by atoms with Crippen LogP contribution in [0.2, 0.25) is 0 Å². The molecule has 0 saturated carbocycles. The molecule has 0 aliphatic carbocycles. The van der Waals surface area contributed by atoms with Crippen molar-refractivity contribution in [1.82, 2.24) is 14.9 Å². The zero-order chi connectivity index (χ0) is 25.8. The highest BCUT2D eigenvalue weighted by Gasteiger charge is 2.35. The second-order valence-corrected chi connectivity index (χ2v) is 10.2. The number of aryl methyl sites for hydroxylation is 1.